The third-order valence-corrected chi connectivity index (χ3v) is 3.47. The fourth-order valence-corrected chi connectivity index (χ4v) is 2.25. The van der Waals surface area contributed by atoms with Crippen LogP contribution < -0.4 is 10.6 Å². The van der Waals surface area contributed by atoms with Gasteiger partial charge in [-0.2, -0.15) is 0 Å². The van der Waals surface area contributed by atoms with Gasteiger partial charge in [-0.05, 0) is 31.0 Å². The lowest BCUT2D eigenvalue weighted by molar-refractivity contribution is -0.115. The van der Waals surface area contributed by atoms with E-state index < -0.39 is 0 Å². The molecule has 2 N–H and O–H groups in total. The third kappa shape index (κ3) is 5.21. The van der Waals surface area contributed by atoms with Gasteiger partial charge < -0.3 is 10.6 Å². The highest BCUT2D eigenvalue weighted by Crippen LogP contribution is 2.19. The summed E-state index contributed by atoms with van der Waals surface area (Å²) < 4.78 is 0. The van der Waals surface area contributed by atoms with E-state index in [1.54, 1.807) is 12.1 Å². The number of hydrogen-bond donors (Lipinski definition) is 2. The van der Waals surface area contributed by atoms with Gasteiger partial charge in [0, 0.05) is 6.04 Å². The molecule has 0 fully saturated rings. The van der Waals surface area contributed by atoms with E-state index in [-0.39, 0.29) is 18.5 Å². The average molecular weight is 303 g/mol. The molecule has 0 saturated heterocycles. The molecule has 0 bridgehead atoms. The summed E-state index contributed by atoms with van der Waals surface area (Å²) in [7, 11) is 0. The maximum Gasteiger partial charge on any atom is 0.238 e. The first-order valence-electron chi connectivity index (χ1n) is 6.97. The van der Waals surface area contributed by atoms with Crippen LogP contribution in [0.1, 0.15) is 12.5 Å². The molecule has 0 radical (unpaired) electrons. The van der Waals surface area contributed by atoms with Crippen LogP contribution in [-0.4, -0.2) is 18.5 Å². The van der Waals surface area contributed by atoms with Crippen molar-refractivity contribution < 1.29 is 4.79 Å². The average Bonchev–Trinajstić information content (AvgIpc) is 2.49. The smallest absolute Gasteiger partial charge is 0.238 e. The lowest BCUT2D eigenvalue weighted by Gasteiger charge is -2.14. The number of hydrogen-bond acceptors (Lipinski definition) is 2. The Balaban J connectivity index is 1.77. The third-order valence-electron chi connectivity index (χ3n) is 3.14. The van der Waals surface area contributed by atoms with E-state index in [9.17, 15) is 4.79 Å². The molecule has 3 nitrogen and oxygen atoms in total. The SMILES string of the molecule is CC(Cc1ccccc1)NCC(=O)Nc1ccccc1Cl. The quantitative estimate of drug-likeness (QED) is 0.857. The lowest BCUT2D eigenvalue weighted by atomic mass is 10.1. The Bertz CT molecular complexity index is 586. The van der Waals surface area contributed by atoms with Gasteiger partial charge in [-0.3, -0.25) is 4.79 Å². The summed E-state index contributed by atoms with van der Waals surface area (Å²) in [5.74, 6) is -0.0944. The van der Waals surface area contributed by atoms with Crippen molar-refractivity contribution in [3.05, 3.63) is 65.2 Å². The molecular formula is C17H19ClN2O. The van der Waals surface area contributed by atoms with Gasteiger partial charge in [-0.25, -0.2) is 0 Å². The van der Waals surface area contributed by atoms with Crippen molar-refractivity contribution in [1.82, 2.24) is 5.32 Å². The Morgan fingerprint density at radius 2 is 1.76 bits per heavy atom. The molecule has 0 spiro atoms. The molecule has 4 heteroatoms. The van der Waals surface area contributed by atoms with Crippen molar-refractivity contribution in [2.45, 2.75) is 19.4 Å². The number of carbonyl (C=O) groups excluding carboxylic acids is 1. The summed E-state index contributed by atoms with van der Waals surface area (Å²) >= 11 is 6.00. The molecule has 2 aromatic rings. The number of anilines is 1. The van der Waals surface area contributed by atoms with E-state index in [1.165, 1.54) is 5.56 Å². The van der Waals surface area contributed by atoms with Crippen molar-refractivity contribution in [2.24, 2.45) is 0 Å². The van der Waals surface area contributed by atoms with Gasteiger partial charge in [0.15, 0.2) is 0 Å². The predicted molar refractivity (Wildman–Crippen MR) is 87.7 cm³/mol. The van der Waals surface area contributed by atoms with Crippen LogP contribution in [0.5, 0.6) is 0 Å². The fourth-order valence-electron chi connectivity index (χ4n) is 2.06. The number of benzene rings is 2. The van der Waals surface area contributed by atoms with E-state index in [4.69, 9.17) is 11.6 Å². The molecule has 1 unspecified atom stereocenters. The zero-order valence-corrected chi connectivity index (χ0v) is 12.7. The van der Waals surface area contributed by atoms with E-state index >= 15 is 0 Å². The minimum absolute atomic E-state index is 0.0944. The molecule has 2 aromatic carbocycles. The van der Waals surface area contributed by atoms with Crippen molar-refractivity contribution in [3.63, 3.8) is 0 Å². The lowest BCUT2D eigenvalue weighted by Crippen LogP contribution is -2.35. The van der Waals surface area contributed by atoms with E-state index in [0.29, 0.717) is 10.7 Å². The summed E-state index contributed by atoms with van der Waals surface area (Å²) in [6.45, 7) is 2.33. The van der Waals surface area contributed by atoms with Crippen LogP contribution in [0.15, 0.2) is 54.6 Å². The summed E-state index contributed by atoms with van der Waals surface area (Å²) in [4.78, 5) is 11.9. The second kappa shape index (κ2) is 7.81. The summed E-state index contributed by atoms with van der Waals surface area (Å²) in [5, 5.41) is 6.56. The first-order chi connectivity index (χ1) is 10.1. The summed E-state index contributed by atoms with van der Waals surface area (Å²) in [5.41, 5.74) is 1.89. The second-order valence-corrected chi connectivity index (χ2v) is 5.41. The fraction of sp³-hybridized carbons (Fsp3) is 0.235. The number of carbonyl (C=O) groups is 1. The van der Waals surface area contributed by atoms with E-state index in [0.717, 1.165) is 6.42 Å². The van der Waals surface area contributed by atoms with E-state index in [2.05, 4.69) is 29.7 Å². The highest BCUT2D eigenvalue weighted by atomic mass is 35.5. The first kappa shape index (κ1) is 15.5. The zero-order chi connectivity index (χ0) is 15.1. The van der Waals surface area contributed by atoms with Crippen molar-refractivity contribution >= 4 is 23.2 Å². The van der Waals surface area contributed by atoms with Crippen LogP contribution in [-0.2, 0) is 11.2 Å². The largest absolute Gasteiger partial charge is 0.324 e. The van der Waals surface area contributed by atoms with Crippen LogP contribution >= 0.6 is 11.6 Å². The molecule has 0 heterocycles. The minimum Gasteiger partial charge on any atom is -0.324 e. The molecule has 0 aliphatic heterocycles. The second-order valence-electron chi connectivity index (χ2n) is 5.00. The standard InChI is InChI=1S/C17H19ClN2O/c1-13(11-14-7-3-2-4-8-14)19-12-17(21)20-16-10-6-5-9-15(16)18/h2-10,13,19H,11-12H2,1H3,(H,20,21). The Labute approximate surface area is 130 Å². The van der Waals surface area contributed by atoms with Gasteiger partial charge in [0.1, 0.15) is 0 Å². The van der Waals surface area contributed by atoms with Crippen LogP contribution in [0.2, 0.25) is 5.02 Å². The number of amides is 1. The summed E-state index contributed by atoms with van der Waals surface area (Å²) in [6, 6.07) is 17.6. The summed E-state index contributed by atoms with van der Waals surface area (Å²) in [6.07, 6.45) is 0.889. The van der Waals surface area contributed by atoms with Gasteiger partial charge in [-0.1, -0.05) is 54.1 Å². The van der Waals surface area contributed by atoms with Crippen LogP contribution in [0.25, 0.3) is 0 Å². The molecule has 1 amide bonds. The van der Waals surface area contributed by atoms with Gasteiger partial charge in [-0.15, -0.1) is 0 Å². The van der Waals surface area contributed by atoms with Crippen LogP contribution in [0, 0.1) is 0 Å². The van der Waals surface area contributed by atoms with Crippen molar-refractivity contribution in [3.8, 4) is 0 Å². The molecule has 21 heavy (non-hydrogen) atoms. The first-order valence-corrected chi connectivity index (χ1v) is 7.34. The molecule has 1 atom stereocenters. The van der Waals surface area contributed by atoms with Crippen molar-refractivity contribution in [1.29, 1.82) is 0 Å². The Hall–Kier alpha value is -1.84. The Morgan fingerprint density at radius 3 is 2.48 bits per heavy atom. The van der Waals surface area contributed by atoms with E-state index in [1.807, 2.05) is 30.3 Å². The Kier molecular flexibility index (Phi) is 5.78. The molecule has 0 saturated carbocycles. The molecule has 0 aliphatic carbocycles. The minimum atomic E-state index is -0.0944. The predicted octanol–water partition coefficient (Wildman–Crippen LogP) is 3.50. The molecule has 0 aromatic heterocycles. The molecule has 0 aliphatic rings. The highest BCUT2D eigenvalue weighted by molar-refractivity contribution is 6.33. The molecule has 2 rings (SSSR count). The monoisotopic (exact) mass is 302 g/mol. The molecular weight excluding hydrogens is 284 g/mol. The van der Waals surface area contributed by atoms with Gasteiger partial charge in [0.2, 0.25) is 5.91 Å². The van der Waals surface area contributed by atoms with Crippen LogP contribution in [0.3, 0.4) is 0 Å². The maximum atomic E-state index is 11.9. The topological polar surface area (TPSA) is 41.1 Å². The number of rotatable bonds is 6. The van der Waals surface area contributed by atoms with Crippen molar-refractivity contribution in [2.75, 3.05) is 11.9 Å². The zero-order valence-electron chi connectivity index (χ0n) is 12.0. The van der Waals surface area contributed by atoms with Gasteiger partial charge >= 0.3 is 0 Å². The Morgan fingerprint density at radius 1 is 1.10 bits per heavy atom. The van der Waals surface area contributed by atoms with Gasteiger partial charge in [0.05, 0.1) is 17.3 Å². The maximum absolute atomic E-state index is 11.9. The molecule has 110 valence electrons. The highest BCUT2D eigenvalue weighted by Gasteiger charge is 2.08. The number of halogens is 1. The normalized spacial score (nSPS) is 11.9. The van der Waals surface area contributed by atoms with Gasteiger partial charge in [0.25, 0.3) is 0 Å². The number of nitrogens with one attached hydrogen (secondary N) is 2. The number of para-hydroxylation sites is 1. The van der Waals surface area contributed by atoms with Crippen LogP contribution in [0.4, 0.5) is 5.69 Å².